The largest absolute Gasteiger partial charge is 0.310 e. The maximum atomic E-state index is 2.46. The molecule has 408 valence electrons. The van der Waals surface area contributed by atoms with Gasteiger partial charge in [-0.3, -0.25) is 0 Å². The fourth-order valence-corrected chi connectivity index (χ4v) is 17.1. The zero-order valence-corrected chi connectivity index (χ0v) is 48.5. The van der Waals surface area contributed by atoms with Crippen LogP contribution in [0.15, 0.2) is 365 Å². The number of anilines is 6. The first-order valence-corrected chi connectivity index (χ1v) is 31.1. The van der Waals surface area contributed by atoms with Crippen molar-refractivity contribution in [2.75, 3.05) is 9.80 Å². The number of nitrogens with zero attached hydrogens (tertiary/aromatic N) is 3. The van der Waals surface area contributed by atoms with Crippen molar-refractivity contribution in [3.8, 4) is 16.8 Å². The Bertz CT molecular complexity index is 4210. The maximum absolute atomic E-state index is 2.46. The van der Waals surface area contributed by atoms with Crippen molar-refractivity contribution in [2.24, 2.45) is 0 Å². The van der Waals surface area contributed by atoms with E-state index in [2.05, 4.69) is 360 Å². The molecular weight excluding hydrogens is 1050 g/mol. The van der Waals surface area contributed by atoms with Crippen molar-refractivity contribution in [3.63, 3.8) is 0 Å². The summed E-state index contributed by atoms with van der Waals surface area (Å²) >= 11 is 0. The van der Waals surface area contributed by atoms with Gasteiger partial charge in [-0.1, -0.05) is 214 Å². The Morgan fingerprint density at radius 3 is 0.918 bits per heavy atom. The average molecular weight is 1110 g/mol. The van der Waals surface area contributed by atoms with Gasteiger partial charge in [0.25, 0.3) is 0 Å². The quantitative estimate of drug-likeness (QED) is 0.114. The molecule has 0 atom stereocenters. The van der Waals surface area contributed by atoms with Crippen molar-refractivity contribution < 1.29 is 0 Å². The number of hydrogen-bond acceptors (Lipinski definition) is 2. The second-order valence-electron chi connectivity index (χ2n) is 21.2. The molecule has 0 fully saturated rings. The zero-order valence-electron chi connectivity index (χ0n) is 47.7. The first-order valence-electron chi connectivity index (χ1n) is 29.5. The van der Waals surface area contributed by atoms with E-state index < -0.39 is 15.4 Å². The summed E-state index contributed by atoms with van der Waals surface area (Å²) in [6, 6.07) is 128. The summed E-state index contributed by atoms with van der Waals surface area (Å²) in [4.78, 5) is 9.92. The van der Waals surface area contributed by atoms with Gasteiger partial charge in [-0.25, -0.2) is 0 Å². The lowest BCUT2D eigenvalue weighted by atomic mass is 9.68. The van der Waals surface area contributed by atoms with Crippen LogP contribution in [0.3, 0.4) is 0 Å². The Kier molecular flexibility index (Phi) is 14.1. The highest BCUT2D eigenvalue weighted by atomic mass is 32.3. The normalized spacial score (nSPS) is 12.4. The average Bonchev–Trinajstić information content (AvgIpc) is 1.72. The van der Waals surface area contributed by atoms with Crippen LogP contribution in [0.2, 0.25) is 0 Å². The first-order chi connectivity index (χ1) is 42.2. The Morgan fingerprint density at radius 1 is 0.271 bits per heavy atom. The summed E-state index contributed by atoms with van der Waals surface area (Å²) < 4.78 is 2.46. The van der Waals surface area contributed by atoms with Crippen molar-refractivity contribution >= 4 is 66.0 Å². The molecule has 0 aliphatic heterocycles. The molecule has 0 N–H and O–H groups in total. The van der Waals surface area contributed by atoms with Gasteiger partial charge in [-0.15, -0.1) is 10.0 Å². The highest BCUT2D eigenvalue weighted by molar-refractivity contribution is 8.34. The van der Waals surface area contributed by atoms with Crippen LogP contribution >= 0.6 is 10.0 Å². The van der Waals surface area contributed by atoms with Crippen molar-refractivity contribution in [2.45, 2.75) is 38.8 Å². The van der Waals surface area contributed by atoms with Gasteiger partial charge >= 0.3 is 0 Å². The lowest BCUT2D eigenvalue weighted by Gasteiger charge is -2.42. The molecule has 3 nitrogen and oxygen atoms in total. The van der Waals surface area contributed by atoms with E-state index >= 15 is 0 Å². The molecular formula is C81H63N3S. The van der Waals surface area contributed by atoms with Gasteiger partial charge in [0.1, 0.15) is 0 Å². The van der Waals surface area contributed by atoms with E-state index in [1.165, 1.54) is 53.0 Å². The van der Waals surface area contributed by atoms with E-state index in [0.29, 0.717) is 0 Å². The highest BCUT2D eigenvalue weighted by Crippen LogP contribution is 2.73. The van der Waals surface area contributed by atoms with Crippen molar-refractivity contribution in [1.82, 2.24) is 4.57 Å². The maximum Gasteiger partial charge on any atom is 0.0713 e. The van der Waals surface area contributed by atoms with Crippen LogP contribution in [0, 0.1) is 0 Å². The van der Waals surface area contributed by atoms with Crippen LogP contribution in [0.5, 0.6) is 0 Å². The predicted molar refractivity (Wildman–Crippen MR) is 359 cm³/mol. The van der Waals surface area contributed by atoms with Gasteiger partial charge in [0, 0.05) is 70.2 Å². The lowest BCUT2D eigenvalue weighted by Crippen LogP contribution is -2.28. The first kappa shape index (κ1) is 52.7. The minimum absolute atomic E-state index is 0.615. The number of benzene rings is 13. The van der Waals surface area contributed by atoms with Crippen LogP contribution in [0.1, 0.15) is 36.1 Å². The fraction of sp³-hybridized carbons (Fsp3) is 0.0370. The highest BCUT2D eigenvalue weighted by Gasteiger charge is 2.46. The summed E-state index contributed by atoms with van der Waals surface area (Å²) in [5.41, 5.74) is 16.8. The second kappa shape index (κ2) is 22.7. The van der Waals surface area contributed by atoms with Gasteiger partial charge in [-0.05, 0) is 179 Å². The molecule has 4 heteroatoms. The third kappa shape index (κ3) is 8.93. The standard InChI is InChI=1S/C79H57N3S.C2H6/c1-8-26-60(27-9-1)80(61-28-10-2-11-29-61)65-50-54-77-73(56-65)74-57-66(81(62-30-12-3-13-31-62)63-32-14-4-15-33-63)51-55-78(74)82(77)64-48-44-58(45-49-64)79(75-42-24-22-40-71(75)72-41-23-25-43-76(72)79)59-46-52-70(53-47-59)83(67-34-16-5-17-35-67,68-36-18-6-19-37-68)69-38-20-7-21-39-69;1-2/h1-57H;1-2H3. The number of aromatic nitrogens is 1. The molecule has 1 aliphatic carbocycles. The number of fused-ring (bicyclic) bond motifs is 6. The Hall–Kier alpha value is -10.4. The van der Waals surface area contributed by atoms with Gasteiger partial charge in [0.2, 0.25) is 0 Å². The van der Waals surface area contributed by atoms with E-state index in [-0.39, 0.29) is 0 Å². The second-order valence-corrected chi connectivity index (χ2v) is 24.3. The van der Waals surface area contributed by atoms with E-state index in [1.54, 1.807) is 0 Å². The third-order valence-electron chi connectivity index (χ3n) is 16.7. The molecule has 0 spiro atoms. The zero-order chi connectivity index (χ0) is 57.2. The van der Waals surface area contributed by atoms with Crippen LogP contribution in [0.25, 0.3) is 38.6 Å². The van der Waals surface area contributed by atoms with Gasteiger partial charge < -0.3 is 14.4 Å². The molecule has 15 rings (SSSR count). The van der Waals surface area contributed by atoms with E-state index in [9.17, 15) is 0 Å². The van der Waals surface area contributed by atoms with Crippen LogP contribution in [-0.4, -0.2) is 4.57 Å². The smallest absolute Gasteiger partial charge is 0.0713 e. The van der Waals surface area contributed by atoms with Crippen LogP contribution in [-0.2, 0) is 5.41 Å². The minimum atomic E-state index is -1.90. The van der Waals surface area contributed by atoms with Crippen LogP contribution in [0.4, 0.5) is 34.1 Å². The van der Waals surface area contributed by atoms with Gasteiger partial charge in [0.15, 0.2) is 0 Å². The molecule has 0 saturated carbocycles. The van der Waals surface area contributed by atoms with E-state index in [0.717, 1.165) is 61.6 Å². The topological polar surface area (TPSA) is 11.4 Å². The monoisotopic (exact) mass is 1110 g/mol. The third-order valence-corrected chi connectivity index (χ3v) is 20.7. The number of rotatable bonds is 13. The summed E-state index contributed by atoms with van der Waals surface area (Å²) in [6.07, 6.45) is 0. The van der Waals surface area contributed by atoms with Crippen molar-refractivity contribution in [1.29, 1.82) is 0 Å². The van der Waals surface area contributed by atoms with E-state index in [1.807, 2.05) is 13.8 Å². The molecule has 1 aliphatic rings. The summed E-state index contributed by atoms with van der Waals surface area (Å²) in [7, 11) is -1.90. The molecule has 14 aromatic rings. The summed E-state index contributed by atoms with van der Waals surface area (Å²) in [5.74, 6) is 0. The Balaban J connectivity index is 0.00000317. The predicted octanol–water partition coefficient (Wildman–Crippen LogP) is 22.5. The van der Waals surface area contributed by atoms with Crippen LogP contribution < -0.4 is 9.80 Å². The molecule has 85 heavy (non-hydrogen) atoms. The molecule has 0 radical (unpaired) electrons. The number of para-hydroxylation sites is 4. The van der Waals surface area contributed by atoms with Gasteiger partial charge in [-0.2, -0.15) is 0 Å². The van der Waals surface area contributed by atoms with Crippen molar-refractivity contribution in [3.05, 3.63) is 368 Å². The lowest BCUT2D eigenvalue weighted by molar-refractivity contribution is 0.766. The molecule has 0 unspecified atom stereocenters. The molecule has 0 amide bonds. The summed E-state index contributed by atoms with van der Waals surface area (Å²) in [5, 5.41) is 2.33. The molecule has 1 aromatic heterocycles. The molecule has 0 saturated heterocycles. The SMILES string of the molecule is CC.c1ccc(N(c2ccccc2)c2ccc3c(c2)c2cc(N(c4ccccc4)c4ccccc4)ccc2n3-c2ccc(C3(c4ccc(S(c5ccccc5)(c5ccccc5)c5ccccc5)cc4)c4ccccc4-c4ccccc43)cc2)cc1. The molecule has 0 bridgehead atoms. The fourth-order valence-electron chi connectivity index (χ4n) is 13.2. The minimum Gasteiger partial charge on any atom is -0.310 e. The Labute approximate surface area is 501 Å². The number of hydrogen-bond donors (Lipinski definition) is 0. The van der Waals surface area contributed by atoms with E-state index in [4.69, 9.17) is 0 Å². The Morgan fingerprint density at radius 2 is 0.565 bits per heavy atom. The molecule has 1 heterocycles. The summed E-state index contributed by atoms with van der Waals surface area (Å²) in [6.45, 7) is 4.00. The van der Waals surface area contributed by atoms with Gasteiger partial charge in [0.05, 0.1) is 16.4 Å². The molecule has 13 aromatic carbocycles.